The minimum absolute atomic E-state index is 0.715. The van der Waals surface area contributed by atoms with Crippen LogP contribution in [0.4, 0.5) is 5.82 Å². The summed E-state index contributed by atoms with van der Waals surface area (Å²) in [5.41, 5.74) is 0. The Kier molecular flexibility index (Phi) is 7.45. The van der Waals surface area contributed by atoms with Crippen LogP contribution in [0.25, 0.3) is 0 Å². The van der Waals surface area contributed by atoms with Crippen molar-refractivity contribution in [2.75, 3.05) is 51.0 Å². The van der Waals surface area contributed by atoms with E-state index in [1.807, 2.05) is 18.2 Å². The summed E-state index contributed by atoms with van der Waals surface area (Å²) < 4.78 is 31.2. The fraction of sp³-hybridized carbons (Fsp3) is 0.583. The van der Waals surface area contributed by atoms with Crippen molar-refractivity contribution in [2.24, 2.45) is 0 Å². The maximum atomic E-state index is 9.19. The molecule has 1 fully saturated rings. The van der Waals surface area contributed by atoms with Gasteiger partial charge in [-0.2, -0.15) is 8.42 Å². The molecular formula is C12H21N3O4S. The predicted octanol–water partition coefficient (Wildman–Crippen LogP) is 0.330. The van der Waals surface area contributed by atoms with Crippen molar-refractivity contribution in [3.8, 4) is 0 Å². The standard InChI is InChI=1S/C11H17N3O.CH4O3S/c1-2-4-12-11(3-1)13-5-6-14-7-9-15-10-8-14;1-5(2,3)4/h1-4H,5-10H2,(H,12,13);1H3,(H,2,3,4). The first-order valence-corrected chi connectivity index (χ1v) is 8.17. The highest BCUT2D eigenvalue weighted by molar-refractivity contribution is 7.85. The molecule has 0 amide bonds. The number of rotatable bonds is 4. The van der Waals surface area contributed by atoms with Gasteiger partial charge in [-0.25, -0.2) is 4.98 Å². The van der Waals surface area contributed by atoms with E-state index in [0.29, 0.717) is 6.26 Å². The summed E-state index contributed by atoms with van der Waals surface area (Å²) in [7, 11) is -3.67. The average molecular weight is 303 g/mol. The fourth-order valence-electron chi connectivity index (χ4n) is 1.63. The summed E-state index contributed by atoms with van der Waals surface area (Å²) >= 11 is 0. The lowest BCUT2D eigenvalue weighted by atomic mass is 10.4. The van der Waals surface area contributed by atoms with Gasteiger partial charge in [-0.1, -0.05) is 6.07 Å². The van der Waals surface area contributed by atoms with Crippen molar-refractivity contribution in [2.45, 2.75) is 0 Å². The molecular weight excluding hydrogens is 282 g/mol. The van der Waals surface area contributed by atoms with Gasteiger partial charge in [-0.05, 0) is 12.1 Å². The monoisotopic (exact) mass is 303 g/mol. The Morgan fingerprint density at radius 2 is 2.05 bits per heavy atom. The molecule has 0 bridgehead atoms. The summed E-state index contributed by atoms with van der Waals surface area (Å²) in [6, 6.07) is 5.90. The Labute approximate surface area is 119 Å². The number of pyridine rings is 1. The smallest absolute Gasteiger partial charge is 0.261 e. The first-order valence-electron chi connectivity index (χ1n) is 6.32. The van der Waals surface area contributed by atoms with Crippen molar-refractivity contribution >= 4 is 15.9 Å². The van der Waals surface area contributed by atoms with Gasteiger partial charge >= 0.3 is 0 Å². The summed E-state index contributed by atoms with van der Waals surface area (Å²) in [6.45, 7) is 5.82. The van der Waals surface area contributed by atoms with E-state index in [1.165, 1.54) is 0 Å². The molecule has 20 heavy (non-hydrogen) atoms. The molecule has 0 radical (unpaired) electrons. The summed E-state index contributed by atoms with van der Waals surface area (Å²) in [6.07, 6.45) is 2.52. The largest absolute Gasteiger partial charge is 0.379 e. The van der Waals surface area contributed by atoms with Gasteiger partial charge in [0, 0.05) is 32.4 Å². The highest BCUT2D eigenvalue weighted by Gasteiger charge is 2.08. The van der Waals surface area contributed by atoms with Gasteiger partial charge < -0.3 is 10.1 Å². The molecule has 2 N–H and O–H groups in total. The van der Waals surface area contributed by atoms with E-state index in [0.717, 1.165) is 45.2 Å². The Bertz CT molecular complexity index is 453. The lowest BCUT2D eigenvalue weighted by Crippen LogP contribution is -2.39. The van der Waals surface area contributed by atoms with E-state index in [4.69, 9.17) is 9.29 Å². The second-order valence-corrected chi connectivity index (χ2v) is 5.79. The Balaban J connectivity index is 0.000000347. The lowest BCUT2D eigenvalue weighted by molar-refractivity contribution is 0.0398. The number of nitrogens with zero attached hydrogens (tertiary/aromatic N) is 2. The zero-order valence-corrected chi connectivity index (χ0v) is 12.3. The van der Waals surface area contributed by atoms with E-state index >= 15 is 0 Å². The summed E-state index contributed by atoms with van der Waals surface area (Å²) in [5, 5.41) is 3.30. The molecule has 1 aromatic heterocycles. The number of anilines is 1. The lowest BCUT2D eigenvalue weighted by Gasteiger charge is -2.26. The van der Waals surface area contributed by atoms with E-state index < -0.39 is 10.1 Å². The number of aromatic nitrogens is 1. The van der Waals surface area contributed by atoms with Crippen LogP contribution in [0.15, 0.2) is 24.4 Å². The number of ether oxygens (including phenoxy) is 1. The van der Waals surface area contributed by atoms with Gasteiger partial charge in [0.05, 0.1) is 19.5 Å². The third-order valence-corrected chi connectivity index (χ3v) is 2.50. The number of morpholine rings is 1. The van der Waals surface area contributed by atoms with Crippen LogP contribution in [0.5, 0.6) is 0 Å². The van der Waals surface area contributed by atoms with E-state index in [9.17, 15) is 8.42 Å². The molecule has 0 spiro atoms. The van der Waals surface area contributed by atoms with Crippen molar-refractivity contribution < 1.29 is 17.7 Å². The van der Waals surface area contributed by atoms with Gasteiger partial charge in [0.15, 0.2) is 0 Å². The zero-order valence-electron chi connectivity index (χ0n) is 11.5. The van der Waals surface area contributed by atoms with E-state index in [-0.39, 0.29) is 0 Å². The quantitative estimate of drug-likeness (QED) is 0.774. The second-order valence-electron chi connectivity index (χ2n) is 4.33. The van der Waals surface area contributed by atoms with Gasteiger partial charge in [-0.15, -0.1) is 0 Å². The maximum absolute atomic E-state index is 9.19. The Hall–Kier alpha value is -1.22. The van der Waals surface area contributed by atoms with Crippen LogP contribution in [-0.2, 0) is 14.9 Å². The van der Waals surface area contributed by atoms with Crippen LogP contribution in [-0.4, -0.2) is 68.5 Å². The van der Waals surface area contributed by atoms with Crippen LogP contribution in [0.3, 0.4) is 0 Å². The molecule has 2 heterocycles. The van der Waals surface area contributed by atoms with Crippen molar-refractivity contribution in [3.05, 3.63) is 24.4 Å². The van der Waals surface area contributed by atoms with Crippen LogP contribution < -0.4 is 5.32 Å². The Morgan fingerprint density at radius 1 is 1.40 bits per heavy atom. The molecule has 0 aromatic carbocycles. The molecule has 1 aromatic rings. The number of hydrogen-bond donors (Lipinski definition) is 2. The van der Waals surface area contributed by atoms with Crippen LogP contribution in [0.2, 0.25) is 0 Å². The van der Waals surface area contributed by atoms with Crippen LogP contribution in [0.1, 0.15) is 0 Å². The SMILES string of the molecule is CS(=O)(=O)O.c1ccc(NCCN2CCOCC2)nc1. The highest BCUT2D eigenvalue weighted by Crippen LogP contribution is 2.00. The van der Waals surface area contributed by atoms with Gasteiger partial charge in [0.25, 0.3) is 10.1 Å². The van der Waals surface area contributed by atoms with Crippen LogP contribution in [0, 0.1) is 0 Å². The normalized spacial score (nSPS) is 16.1. The Morgan fingerprint density at radius 3 is 2.60 bits per heavy atom. The summed E-state index contributed by atoms with van der Waals surface area (Å²) in [4.78, 5) is 6.61. The summed E-state index contributed by atoms with van der Waals surface area (Å²) in [5.74, 6) is 0.950. The van der Waals surface area contributed by atoms with Crippen LogP contribution >= 0.6 is 0 Å². The average Bonchev–Trinajstić information content (AvgIpc) is 2.39. The number of nitrogens with one attached hydrogen (secondary N) is 1. The molecule has 0 atom stereocenters. The topological polar surface area (TPSA) is 91.8 Å². The third kappa shape index (κ3) is 9.68. The predicted molar refractivity (Wildman–Crippen MR) is 77.5 cm³/mol. The minimum Gasteiger partial charge on any atom is -0.379 e. The van der Waals surface area contributed by atoms with Crippen molar-refractivity contribution in [3.63, 3.8) is 0 Å². The molecule has 8 heteroatoms. The maximum Gasteiger partial charge on any atom is 0.261 e. The molecule has 0 aliphatic carbocycles. The number of hydrogen-bond acceptors (Lipinski definition) is 6. The van der Waals surface area contributed by atoms with E-state index in [2.05, 4.69) is 15.2 Å². The van der Waals surface area contributed by atoms with Crippen molar-refractivity contribution in [1.29, 1.82) is 0 Å². The molecule has 1 aliphatic rings. The molecule has 2 rings (SSSR count). The minimum atomic E-state index is -3.67. The zero-order chi connectivity index (χ0) is 14.8. The first-order chi connectivity index (χ1) is 9.45. The van der Waals surface area contributed by atoms with E-state index in [1.54, 1.807) is 6.20 Å². The molecule has 0 unspecified atom stereocenters. The highest BCUT2D eigenvalue weighted by atomic mass is 32.2. The van der Waals surface area contributed by atoms with Gasteiger partial charge in [0.2, 0.25) is 0 Å². The van der Waals surface area contributed by atoms with Crippen molar-refractivity contribution in [1.82, 2.24) is 9.88 Å². The third-order valence-electron chi connectivity index (χ3n) is 2.50. The first kappa shape index (κ1) is 16.8. The van der Waals surface area contributed by atoms with Gasteiger partial charge in [0.1, 0.15) is 5.82 Å². The molecule has 114 valence electrons. The molecule has 0 saturated carbocycles. The van der Waals surface area contributed by atoms with Gasteiger partial charge in [-0.3, -0.25) is 9.45 Å². The second kappa shape index (κ2) is 8.85. The molecule has 1 aliphatic heterocycles. The molecule has 7 nitrogen and oxygen atoms in total. The molecule has 1 saturated heterocycles. The fourth-order valence-corrected chi connectivity index (χ4v) is 1.63.